The van der Waals surface area contributed by atoms with Crippen molar-refractivity contribution in [1.29, 1.82) is 0 Å². The Bertz CT molecular complexity index is 1420. The van der Waals surface area contributed by atoms with E-state index in [-0.39, 0.29) is 23.7 Å². The number of nitrogens with zero attached hydrogens (tertiary/aromatic N) is 5. The number of non-ortho nitro benzene ring substituents is 1. The van der Waals surface area contributed by atoms with E-state index in [0.29, 0.717) is 29.7 Å². The quantitative estimate of drug-likeness (QED) is 0.215. The molecule has 0 saturated carbocycles. The summed E-state index contributed by atoms with van der Waals surface area (Å²) in [6.45, 7) is 1.02. The van der Waals surface area contributed by atoms with Crippen molar-refractivity contribution < 1.29 is 9.72 Å². The number of carbonyl (C=O) groups is 1. The van der Waals surface area contributed by atoms with Crippen LogP contribution in [0.2, 0.25) is 0 Å². The fraction of sp³-hybridized carbons (Fsp3) is 0.130. The molecule has 0 fully saturated rings. The number of hydrogen-bond donors (Lipinski definition) is 1. The lowest BCUT2D eigenvalue weighted by Crippen LogP contribution is -2.26. The van der Waals surface area contributed by atoms with E-state index >= 15 is 0 Å². The molecule has 0 atom stereocenters. The number of nitro groups is 1. The summed E-state index contributed by atoms with van der Waals surface area (Å²) in [5, 5.41) is 18.1. The van der Waals surface area contributed by atoms with Crippen LogP contribution in [-0.2, 0) is 17.9 Å². The highest BCUT2D eigenvalue weighted by atomic mass is 79.9. The first-order valence-electron chi connectivity index (χ1n) is 10.3. The lowest BCUT2D eigenvalue weighted by molar-refractivity contribution is -0.384. The molecule has 0 saturated heterocycles. The molecule has 2 heterocycles. The number of rotatable bonds is 8. The lowest BCUT2D eigenvalue weighted by Gasteiger charge is -2.07. The molecule has 4 aromatic rings. The van der Waals surface area contributed by atoms with Crippen LogP contribution in [0.5, 0.6) is 0 Å². The van der Waals surface area contributed by atoms with Crippen LogP contribution in [0.1, 0.15) is 11.1 Å². The first-order chi connectivity index (χ1) is 16.4. The number of nitro benzene ring substituents is 1. The Labute approximate surface area is 201 Å². The summed E-state index contributed by atoms with van der Waals surface area (Å²) in [5.41, 5.74) is 1.90. The number of fused-ring (bicyclic) bond motifs is 1. The predicted molar refractivity (Wildman–Crippen MR) is 130 cm³/mol. The Hall–Kier alpha value is -4.12. The van der Waals surface area contributed by atoms with Gasteiger partial charge in [0.1, 0.15) is 11.7 Å². The fourth-order valence-corrected chi connectivity index (χ4v) is 3.55. The smallest absolute Gasteiger partial charge is 0.269 e. The van der Waals surface area contributed by atoms with Crippen LogP contribution in [0, 0.1) is 10.1 Å². The fourth-order valence-electron chi connectivity index (χ4n) is 3.28. The van der Waals surface area contributed by atoms with Crippen LogP contribution in [0.25, 0.3) is 17.1 Å². The van der Waals surface area contributed by atoms with Crippen LogP contribution < -0.4 is 10.9 Å². The highest BCUT2D eigenvalue weighted by Crippen LogP contribution is 2.13. The zero-order chi connectivity index (χ0) is 24.1. The van der Waals surface area contributed by atoms with Gasteiger partial charge in [0.15, 0.2) is 5.65 Å². The van der Waals surface area contributed by atoms with Gasteiger partial charge in [-0.25, -0.2) is 9.67 Å². The van der Waals surface area contributed by atoms with Crippen molar-refractivity contribution in [3.05, 3.63) is 103 Å². The lowest BCUT2D eigenvalue weighted by atomic mass is 10.2. The van der Waals surface area contributed by atoms with Gasteiger partial charge in [-0.3, -0.25) is 24.3 Å². The zero-order valence-electron chi connectivity index (χ0n) is 17.8. The molecule has 1 amide bonds. The summed E-state index contributed by atoms with van der Waals surface area (Å²) >= 11 is 3.39. The second-order valence-electron chi connectivity index (χ2n) is 7.38. The summed E-state index contributed by atoms with van der Waals surface area (Å²) in [6, 6.07) is 13.6. The summed E-state index contributed by atoms with van der Waals surface area (Å²) in [4.78, 5) is 39.5. The van der Waals surface area contributed by atoms with Crippen molar-refractivity contribution in [3.63, 3.8) is 0 Å². The monoisotopic (exact) mass is 522 g/mol. The van der Waals surface area contributed by atoms with Crippen LogP contribution in [0.3, 0.4) is 0 Å². The predicted octanol–water partition coefficient (Wildman–Crippen LogP) is 3.14. The first-order valence-corrected chi connectivity index (χ1v) is 11.1. The van der Waals surface area contributed by atoms with Crippen LogP contribution in [0.15, 0.2) is 76.4 Å². The molecule has 2 aromatic carbocycles. The van der Waals surface area contributed by atoms with Gasteiger partial charge in [0.2, 0.25) is 5.91 Å². The molecule has 4 rings (SSSR count). The molecule has 2 aromatic heterocycles. The van der Waals surface area contributed by atoms with Gasteiger partial charge in [-0.05, 0) is 41.5 Å². The van der Waals surface area contributed by atoms with Gasteiger partial charge >= 0.3 is 0 Å². The number of hydrogen-bond acceptors (Lipinski definition) is 6. The molecule has 0 aliphatic carbocycles. The molecule has 0 spiro atoms. The van der Waals surface area contributed by atoms with Crippen LogP contribution in [0.4, 0.5) is 5.69 Å². The molecule has 34 heavy (non-hydrogen) atoms. The standard InChI is InChI=1S/C23H19BrN6O4/c24-18-6-1-17(2-7-18)14-28-15-26-22-20(23(28)32)13-27-29(22)12-11-25-21(31)10-5-16-3-8-19(9-4-16)30(33)34/h1-10,13,15H,11-12,14H2,(H,25,31)/b10-5-. The summed E-state index contributed by atoms with van der Waals surface area (Å²) in [7, 11) is 0. The minimum atomic E-state index is -0.480. The Morgan fingerprint density at radius 2 is 1.88 bits per heavy atom. The molecule has 10 nitrogen and oxygen atoms in total. The third-order valence-corrected chi connectivity index (χ3v) is 5.57. The number of carbonyl (C=O) groups excluding carboxylic acids is 1. The van der Waals surface area contributed by atoms with Gasteiger partial charge in [-0.1, -0.05) is 28.1 Å². The van der Waals surface area contributed by atoms with E-state index in [1.807, 2.05) is 24.3 Å². The van der Waals surface area contributed by atoms with E-state index in [1.54, 1.807) is 22.9 Å². The number of amides is 1. The molecular formula is C23H19BrN6O4. The van der Waals surface area contributed by atoms with Crippen molar-refractivity contribution in [2.45, 2.75) is 13.1 Å². The minimum Gasteiger partial charge on any atom is -0.351 e. The molecule has 172 valence electrons. The van der Waals surface area contributed by atoms with Crippen molar-refractivity contribution in [3.8, 4) is 0 Å². The van der Waals surface area contributed by atoms with Crippen molar-refractivity contribution >= 4 is 44.6 Å². The van der Waals surface area contributed by atoms with Gasteiger partial charge in [0.25, 0.3) is 11.2 Å². The molecule has 0 bridgehead atoms. The second kappa shape index (κ2) is 10.2. The molecule has 0 aliphatic heterocycles. The van der Waals surface area contributed by atoms with Crippen molar-refractivity contribution in [2.24, 2.45) is 0 Å². The van der Waals surface area contributed by atoms with Crippen molar-refractivity contribution in [1.82, 2.24) is 24.6 Å². The topological polar surface area (TPSA) is 125 Å². The third kappa shape index (κ3) is 5.44. The Morgan fingerprint density at radius 3 is 2.59 bits per heavy atom. The zero-order valence-corrected chi connectivity index (χ0v) is 19.4. The summed E-state index contributed by atoms with van der Waals surface area (Å²) < 4.78 is 4.07. The van der Waals surface area contributed by atoms with Gasteiger partial charge in [-0.15, -0.1) is 0 Å². The molecule has 0 unspecified atom stereocenters. The maximum Gasteiger partial charge on any atom is 0.269 e. The highest BCUT2D eigenvalue weighted by Gasteiger charge is 2.11. The highest BCUT2D eigenvalue weighted by molar-refractivity contribution is 9.10. The molecular weight excluding hydrogens is 504 g/mol. The number of benzene rings is 2. The maximum atomic E-state index is 12.8. The Balaban J connectivity index is 1.35. The Kier molecular flexibility index (Phi) is 6.93. The molecule has 11 heteroatoms. The van der Waals surface area contributed by atoms with Gasteiger partial charge in [0.05, 0.1) is 24.2 Å². The Morgan fingerprint density at radius 1 is 1.15 bits per heavy atom. The van der Waals surface area contributed by atoms with E-state index in [9.17, 15) is 19.7 Å². The second-order valence-corrected chi connectivity index (χ2v) is 8.30. The average molecular weight is 523 g/mol. The van der Waals surface area contributed by atoms with Gasteiger partial charge < -0.3 is 5.32 Å². The average Bonchev–Trinajstić information content (AvgIpc) is 3.25. The summed E-state index contributed by atoms with van der Waals surface area (Å²) in [6.07, 6.45) is 5.90. The minimum absolute atomic E-state index is 0.0123. The SMILES string of the molecule is O=C(/C=C\c1ccc([N+](=O)[O-])cc1)NCCn1ncc2c(=O)n(Cc3ccc(Br)cc3)cnc21. The number of halogens is 1. The van der Waals surface area contributed by atoms with Crippen molar-refractivity contribution in [2.75, 3.05) is 6.54 Å². The van der Waals surface area contributed by atoms with Gasteiger partial charge in [-0.2, -0.15) is 5.10 Å². The van der Waals surface area contributed by atoms with Crippen LogP contribution in [-0.4, -0.2) is 36.7 Å². The number of aromatic nitrogens is 4. The van der Waals surface area contributed by atoms with E-state index < -0.39 is 4.92 Å². The normalized spacial score (nSPS) is 11.2. The van der Waals surface area contributed by atoms with E-state index in [0.717, 1.165) is 10.0 Å². The molecule has 0 radical (unpaired) electrons. The van der Waals surface area contributed by atoms with E-state index in [2.05, 4.69) is 31.3 Å². The van der Waals surface area contributed by atoms with Gasteiger partial charge in [0, 0.05) is 29.2 Å². The first kappa shape index (κ1) is 23.1. The largest absolute Gasteiger partial charge is 0.351 e. The molecule has 0 aliphatic rings. The van der Waals surface area contributed by atoms with Crippen LogP contribution >= 0.6 is 15.9 Å². The van der Waals surface area contributed by atoms with E-state index in [1.165, 1.54) is 35.3 Å². The summed E-state index contributed by atoms with van der Waals surface area (Å²) in [5.74, 6) is -0.320. The number of nitrogens with one attached hydrogen (secondary N) is 1. The third-order valence-electron chi connectivity index (χ3n) is 5.04. The maximum absolute atomic E-state index is 12.8. The van der Waals surface area contributed by atoms with E-state index in [4.69, 9.17) is 0 Å². The molecule has 1 N–H and O–H groups in total.